The maximum absolute atomic E-state index is 10.4. The Morgan fingerprint density at radius 1 is 1.83 bits per heavy atom. The number of carboxylic acid groups (broad SMARTS) is 1. The predicted molar refractivity (Wildman–Crippen MR) is 41.9 cm³/mol. The topological polar surface area (TPSA) is 66.0 Å². The molecule has 0 radical (unpaired) electrons. The van der Waals surface area contributed by atoms with Crippen molar-refractivity contribution in [1.29, 1.82) is 0 Å². The van der Waals surface area contributed by atoms with Crippen LogP contribution in [0.25, 0.3) is 0 Å². The number of carboxylic acids is 1. The molecule has 2 rings (SSSR count). The normalized spacial score (nSPS) is 20.8. The van der Waals surface area contributed by atoms with Crippen LogP contribution in [-0.4, -0.2) is 21.0 Å². The summed E-state index contributed by atoms with van der Waals surface area (Å²) in [6, 6.07) is 0. The molecule has 0 saturated carbocycles. The lowest BCUT2D eigenvalue weighted by Crippen LogP contribution is -2.03. The van der Waals surface area contributed by atoms with E-state index in [0.717, 1.165) is 24.2 Å². The van der Waals surface area contributed by atoms with Crippen LogP contribution in [0.4, 0.5) is 0 Å². The standard InChI is InChI=1S/C8H10N2O2/c11-7(12)3-5-1-2-6-8(5)10-4-9-6/h4-5H,1-3H2,(H,9,10)(H,11,12). The summed E-state index contributed by atoms with van der Waals surface area (Å²) in [7, 11) is 0. The zero-order chi connectivity index (χ0) is 8.55. The van der Waals surface area contributed by atoms with Gasteiger partial charge in [-0.1, -0.05) is 0 Å². The minimum atomic E-state index is -0.740. The van der Waals surface area contributed by atoms with Crippen LogP contribution in [0.3, 0.4) is 0 Å². The summed E-state index contributed by atoms with van der Waals surface area (Å²) < 4.78 is 0. The molecule has 0 bridgehead atoms. The lowest BCUT2D eigenvalue weighted by molar-refractivity contribution is -0.137. The van der Waals surface area contributed by atoms with Gasteiger partial charge in [-0.2, -0.15) is 0 Å². The van der Waals surface area contributed by atoms with Gasteiger partial charge in [-0.25, -0.2) is 4.98 Å². The fourth-order valence-corrected chi connectivity index (χ4v) is 1.75. The second-order valence-electron chi connectivity index (χ2n) is 3.10. The third-order valence-corrected chi connectivity index (χ3v) is 2.30. The highest BCUT2D eigenvalue weighted by atomic mass is 16.4. The van der Waals surface area contributed by atoms with Crippen molar-refractivity contribution in [1.82, 2.24) is 9.97 Å². The number of aryl methyl sites for hydroxylation is 1. The molecule has 0 aliphatic heterocycles. The lowest BCUT2D eigenvalue weighted by atomic mass is 10.0. The van der Waals surface area contributed by atoms with Gasteiger partial charge in [0.25, 0.3) is 0 Å². The molecule has 1 unspecified atom stereocenters. The number of hydrogen-bond acceptors (Lipinski definition) is 2. The molecule has 0 spiro atoms. The molecular formula is C8H10N2O2. The molecule has 4 nitrogen and oxygen atoms in total. The van der Waals surface area contributed by atoms with E-state index in [-0.39, 0.29) is 12.3 Å². The van der Waals surface area contributed by atoms with Crippen LogP contribution in [0.2, 0.25) is 0 Å². The highest BCUT2D eigenvalue weighted by Crippen LogP contribution is 2.32. The highest BCUT2D eigenvalue weighted by molar-refractivity contribution is 5.68. The van der Waals surface area contributed by atoms with Gasteiger partial charge < -0.3 is 10.1 Å². The Bertz CT molecular complexity index is 306. The molecule has 1 heterocycles. The molecule has 0 fully saturated rings. The van der Waals surface area contributed by atoms with Gasteiger partial charge in [0.1, 0.15) is 0 Å². The quantitative estimate of drug-likeness (QED) is 0.686. The second-order valence-corrected chi connectivity index (χ2v) is 3.10. The first-order valence-electron chi connectivity index (χ1n) is 4.01. The van der Waals surface area contributed by atoms with E-state index in [2.05, 4.69) is 9.97 Å². The fraction of sp³-hybridized carbons (Fsp3) is 0.500. The Labute approximate surface area is 69.6 Å². The number of hydrogen-bond donors (Lipinski definition) is 2. The van der Waals surface area contributed by atoms with Gasteiger partial charge in [-0.05, 0) is 12.8 Å². The van der Waals surface area contributed by atoms with E-state index in [9.17, 15) is 4.79 Å². The van der Waals surface area contributed by atoms with Crippen molar-refractivity contribution < 1.29 is 9.90 Å². The SMILES string of the molecule is O=C(O)CC1CCc2[nH]cnc21. The monoisotopic (exact) mass is 166 g/mol. The Balaban J connectivity index is 2.17. The maximum atomic E-state index is 10.4. The average Bonchev–Trinajstić information content (AvgIpc) is 2.52. The van der Waals surface area contributed by atoms with Crippen LogP contribution >= 0.6 is 0 Å². The molecule has 12 heavy (non-hydrogen) atoms. The van der Waals surface area contributed by atoms with E-state index in [1.807, 2.05) is 0 Å². The molecule has 2 N–H and O–H groups in total. The Hall–Kier alpha value is -1.32. The van der Waals surface area contributed by atoms with Crippen molar-refractivity contribution in [3.63, 3.8) is 0 Å². The molecule has 4 heteroatoms. The molecule has 1 aliphatic rings. The van der Waals surface area contributed by atoms with Gasteiger partial charge in [0.2, 0.25) is 0 Å². The Morgan fingerprint density at radius 2 is 2.67 bits per heavy atom. The maximum Gasteiger partial charge on any atom is 0.304 e. The van der Waals surface area contributed by atoms with E-state index < -0.39 is 5.97 Å². The third-order valence-electron chi connectivity index (χ3n) is 2.30. The lowest BCUT2D eigenvalue weighted by Gasteiger charge is -2.03. The third kappa shape index (κ3) is 1.09. The van der Waals surface area contributed by atoms with Crippen LogP contribution in [0.1, 0.15) is 30.1 Å². The Morgan fingerprint density at radius 3 is 3.42 bits per heavy atom. The van der Waals surface area contributed by atoms with E-state index in [1.54, 1.807) is 6.33 Å². The summed E-state index contributed by atoms with van der Waals surface area (Å²) in [6.07, 6.45) is 3.70. The first kappa shape index (κ1) is 7.34. The Kier molecular flexibility index (Phi) is 1.60. The number of aliphatic carboxylic acids is 1. The van der Waals surface area contributed by atoms with Crippen LogP contribution in [0.5, 0.6) is 0 Å². The summed E-state index contributed by atoms with van der Waals surface area (Å²) >= 11 is 0. The van der Waals surface area contributed by atoms with Crippen LogP contribution in [-0.2, 0) is 11.2 Å². The molecule has 0 aromatic carbocycles. The van der Waals surface area contributed by atoms with E-state index in [0.29, 0.717) is 0 Å². The smallest absolute Gasteiger partial charge is 0.304 e. The van der Waals surface area contributed by atoms with Gasteiger partial charge in [0.05, 0.1) is 18.4 Å². The molecule has 1 aliphatic carbocycles. The van der Waals surface area contributed by atoms with Crippen molar-refractivity contribution in [3.05, 3.63) is 17.7 Å². The number of H-pyrrole nitrogens is 1. The molecule has 1 atom stereocenters. The minimum Gasteiger partial charge on any atom is -0.481 e. The molecule has 1 aromatic rings. The second kappa shape index (κ2) is 2.62. The van der Waals surface area contributed by atoms with Crippen LogP contribution < -0.4 is 0 Å². The zero-order valence-electron chi connectivity index (χ0n) is 6.58. The molecule has 1 aromatic heterocycles. The van der Waals surface area contributed by atoms with E-state index in [4.69, 9.17) is 5.11 Å². The van der Waals surface area contributed by atoms with Gasteiger partial charge in [0.15, 0.2) is 0 Å². The summed E-state index contributed by atoms with van der Waals surface area (Å²) in [5, 5.41) is 8.60. The number of fused-ring (bicyclic) bond motifs is 1. The van der Waals surface area contributed by atoms with Crippen molar-refractivity contribution in [2.75, 3.05) is 0 Å². The number of rotatable bonds is 2. The molecule has 0 amide bonds. The predicted octanol–water partition coefficient (Wildman–Crippen LogP) is 0.914. The van der Waals surface area contributed by atoms with Crippen molar-refractivity contribution >= 4 is 5.97 Å². The average molecular weight is 166 g/mol. The van der Waals surface area contributed by atoms with Gasteiger partial charge >= 0.3 is 5.97 Å². The summed E-state index contributed by atoms with van der Waals surface area (Å²) in [5.41, 5.74) is 2.07. The number of aromatic nitrogens is 2. The van der Waals surface area contributed by atoms with Gasteiger partial charge in [0, 0.05) is 11.6 Å². The van der Waals surface area contributed by atoms with Crippen molar-refractivity contribution in [2.24, 2.45) is 0 Å². The largest absolute Gasteiger partial charge is 0.481 e. The van der Waals surface area contributed by atoms with E-state index >= 15 is 0 Å². The molecular weight excluding hydrogens is 156 g/mol. The summed E-state index contributed by atoms with van der Waals surface area (Å²) in [4.78, 5) is 17.6. The van der Waals surface area contributed by atoms with E-state index in [1.165, 1.54) is 0 Å². The number of imidazole rings is 1. The van der Waals surface area contributed by atoms with Crippen molar-refractivity contribution in [3.8, 4) is 0 Å². The molecule has 0 saturated heterocycles. The van der Waals surface area contributed by atoms with Crippen LogP contribution in [0.15, 0.2) is 6.33 Å². The van der Waals surface area contributed by atoms with Gasteiger partial charge in [-0.15, -0.1) is 0 Å². The molecule has 64 valence electrons. The fourth-order valence-electron chi connectivity index (χ4n) is 1.75. The zero-order valence-corrected chi connectivity index (χ0v) is 6.58. The first-order chi connectivity index (χ1) is 5.77. The summed E-state index contributed by atoms with van der Waals surface area (Å²) in [5.74, 6) is -0.611. The van der Waals surface area contributed by atoms with Crippen LogP contribution in [0, 0.1) is 0 Å². The number of nitrogens with one attached hydrogen (secondary N) is 1. The number of nitrogens with zero attached hydrogens (tertiary/aromatic N) is 1. The minimum absolute atomic E-state index is 0.128. The number of carbonyl (C=O) groups is 1. The summed E-state index contributed by atoms with van der Waals surface area (Å²) in [6.45, 7) is 0. The van der Waals surface area contributed by atoms with Gasteiger partial charge in [-0.3, -0.25) is 4.79 Å². The first-order valence-corrected chi connectivity index (χ1v) is 4.01. The highest BCUT2D eigenvalue weighted by Gasteiger charge is 2.26. The number of aromatic amines is 1. The van der Waals surface area contributed by atoms with Crippen molar-refractivity contribution in [2.45, 2.75) is 25.2 Å².